The Morgan fingerprint density at radius 1 is 1.03 bits per heavy atom. The predicted octanol–water partition coefficient (Wildman–Crippen LogP) is 2.62. The normalized spacial score (nSPS) is 14.7. The van der Waals surface area contributed by atoms with E-state index in [2.05, 4.69) is 10.2 Å². The van der Waals surface area contributed by atoms with Gasteiger partial charge in [-0.25, -0.2) is 12.8 Å². The number of hydrogen-bond acceptors (Lipinski definition) is 4. The van der Waals surface area contributed by atoms with Crippen LogP contribution in [0.25, 0.3) is 0 Å². The van der Waals surface area contributed by atoms with Crippen LogP contribution in [0.4, 0.5) is 10.1 Å². The highest BCUT2D eigenvalue weighted by Gasteiger charge is 2.27. The van der Waals surface area contributed by atoms with E-state index in [9.17, 15) is 17.6 Å². The van der Waals surface area contributed by atoms with E-state index in [0.29, 0.717) is 6.54 Å². The van der Waals surface area contributed by atoms with Gasteiger partial charge in [-0.05, 0) is 75.3 Å². The lowest BCUT2D eigenvalue weighted by molar-refractivity contribution is -0.119. The molecule has 0 atom stereocenters. The zero-order chi connectivity index (χ0) is 20.7. The summed E-state index contributed by atoms with van der Waals surface area (Å²) in [5, 5.41) is 2.80. The van der Waals surface area contributed by atoms with Crippen LogP contribution in [-0.2, 0) is 14.8 Å². The molecule has 2 aromatic carbocycles. The van der Waals surface area contributed by atoms with E-state index in [-0.39, 0.29) is 17.1 Å². The van der Waals surface area contributed by atoms with Crippen LogP contribution >= 0.6 is 0 Å². The van der Waals surface area contributed by atoms with Crippen LogP contribution < -0.4 is 9.62 Å². The first-order valence-electron chi connectivity index (χ1n) is 9.79. The van der Waals surface area contributed by atoms with Gasteiger partial charge < -0.3 is 10.2 Å². The smallest absolute Gasteiger partial charge is 0.264 e. The molecule has 0 saturated carbocycles. The topological polar surface area (TPSA) is 69.7 Å². The van der Waals surface area contributed by atoms with E-state index in [0.717, 1.165) is 30.4 Å². The van der Waals surface area contributed by atoms with Crippen molar-refractivity contribution in [1.29, 1.82) is 0 Å². The summed E-state index contributed by atoms with van der Waals surface area (Å²) in [4.78, 5) is 14.9. The number of anilines is 1. The minimum atomic E-state index is -3.96. The number of rotatable bonds is 9. The molecule has 29 heavy (non-hydrogen) atoms. The maximum absolute atomic E-state index is 13.3. The molecule has 0 bridgehead atoms. The highest BCUT2D eigenvalue weighted by atomic mass is 32.2. The number of likely N-dealkylation sites (tertiary alicyclic amines) is 1. The van der Waals surface area contributed by atoms with Gasteiger partial charge in [-0.3, -0.25) is 9.10 Å². The first-order chi connectivity index (χ1) is 14.0. The third-order valence-corrected chi connectivity index (χ3v) is 6.69. The van der Waals surface area contributed by atoms with Gasteiger partial charge in [-0.15, -0.1) is 0 Å². The summed E-state index contributed by atoms with van der Waals surface area (Å²) in [6, 6.07) is 13.0. The average Bonchev–Trinajstić information content (AvgIpc) is 3.24. The lowest BCUT2D eigenvalue weighted by Crippen LogP contribution is -2.41. The summed E-state index contributed by atoms with van der Waals surface area (Å²) in [6.45, 7) is 3.23. The van der Waals surface area contributed by atoms with Gasteiger partial charge in [0.1, 0.15) is 12.4 Å². The molecule has 1 amide bonds. The van der Waals surface area contributed by atoms with Crippen molar-refractivity contribution in [3.05, 3.63) is 60.4 Å². The van der Waals surface area contributed by atoms with Gasteiger partial charge >= 0.3 is 0 Å². The molecule has 8 heteroatoms. The molecule has 0 aliphatic carbocycles. The van der Waals surface area contributed by atoms with E-state index in [1.54, 1.807) is 18.2 Å². The molecular weight excluding hydrogens is 393 g/mol. The number of nitrogens with zero attached hydrogens (tertiary/aromatic N) is 2. The van der Waals surface area contributed by atoms with Crippen molar-refractivity contribution < 1.29 is 17.6 Å². The number of carbonyl (C=O) groups excluding carboxylic acids is 1. The highest BCUT2D eigenvalue weighted by molar-refractivity contribution is 7.92. The number of nitrogens with one attached hydrogen (secondary N) is 1. The number of hydrogen-bond donors (Lipinski definition) is 1. The SMILES string of the molecule is O=C(CN(c1ccc(F)cc1)S(=O)(=O)c1ccccc1)NCCCN1CCCC1. The quantitative estimate of drug-likeness (QED) is 0.635. The second-order valence-electron chi connectivity index (χ2n) is 7.05. The zero-order valence-electron chi connectivity index (χ0n) is 16.3. The van der Waals surface area contributed by atoms with Gasteiger partial charge in [0.15, 0.2) is 0 Å². The zero-order valence-corrected chi connectivity index (χ0v) is 17.1. The third-order valence-electron chi connectivity index (χ3n) is 4.90. The molecule has 0 aromatic heterocycles. The van der Waals surface area contributed by atoms with Crippen LogP contribution in [0.3, 0.4) is 0 Å². The minimum Gasteiger partial charge on any atom is -0.354 e. The summed E-state index contributed by atoms with van der Waals surface area (Å²) in [5.74, 6) is -0.868. The van der Waals surface area contributed by atoms with Crippen molar-refractivity contribution in [2.24, 2.45) is 0 Å². The van der Waals surface area contributed by atoms with Crippen molar-refractivity contribution in [1.82, 2.24) is 10.2 Å². The molecule has 6 nitrogen and oxygen atoms in total. The van der Waals surface area contributed by atoms with Crippen molar-refractivity contribution in [2.45, 2.75) is 24.2 Å². The summed E-state index contributed by atoms with van der Waals surface area (Å²) >= 11 is 0. The number of halogens is 1. The number of sulfonamides is 1. The molecule has 1 aliphatic heterocycles. The monoisotopic (exact) mass is 419 g/mol. The summed E-state index contributed by atoms with van der Waals surface area (Å²) in [5.41, 5.74) is 0.238. The van der Waals surface area contributed by atoms with Gasteiger partial charge in [-0.1, -0.05) is 18.2 Å². The number of carbonyl (C=O) groups is 1. The van der Waals surface area contributed by atoms with E-state index in [4.69, 9.17) is 0 Å². The fourth-order valence-corrected chi connectivity index (χ4v) is 4.81. The molecular formula is C21H26FN3O3S. The largest absolute Gasteiger partial charge is 0.354 e. The lowest BCUT2D eigenvalue weighted by Gasteiger charge is -2.24. The molecule has 0 radical (unpaired) electrons. The second kappa shape index (κ2) is 9.84. The fourth-order valence-electron chi connectivity index (χ4n) is 3.37. The van der Waals surface area contributed by atoms with Gasteiger partial charge in [-0.2, -0.15) is 0 Å². The van der Waals surface area contributed by atoms with E-state index < -0.39 is 21.7 Å². The Balaban J connectivity index is 1.68. The molecule has 3 rings (SSSR count). The fraction of sp³-hybridized carbons (Fsp3) is 0.381. The maximum atomic E-state index is 13.3. The van der Waals surface area contributed by atoms with Gasteiger partial charge in [0.25, 0.3) is 10.0 Å². The van der Waals surface area contributed by atoms with Crippen LogP contribution in [-0.4, -0.2) is 51.9 Å². The Kier molecular flexibility index (Phi) is 7.22. The number of amides is 1. The molecule has 1 N–H and O–H groups in total. The highest BCUT2D eigenvalue weighted by Crippen LogP contribution is 2.23. The van der Waals surface area contributed by atoms with Crippen LogP contribution in [0.5, 0.6) is 0 Å². The Morgan fingerprint density at radius 2 is 1.69 bits per heavy atom. The molecule has 2 aromatic rings. The minimum absolute atomic E-state index is 0.0751. The van der Waals surface area contributed by atoms with E-state index >= 15 is 0 Å². The van der Waals surface area contributed by atoms with Gasteiger partial charge in [0.05, 0.1) is 10.6 Å². The molecule has 1 aliphatic rings. The third kappa shape index (κ3) is 5.77. The van der Waals surface area contributed by atoms with Crippen molar-refractivity contribution in [2.75, 3.05) is 37.0 Å². The maximum Gasteiger partial charge on any atom is 0.264 e. The molecule has 1 saturated heterocycles. The second-order valence-corrected chi connectivity index (χ2v) is 8.92. The van der Waals surface area contributed by atoms with Gasteiger partial charge in [0, 0.05) is 6.54 Å². The summed E-state index contributed by atoms with van der Waals surface area (Å²) < 4.78 is 40.5. The van der Waals surface area contributed by atoms with Crippen molar-refractivity contribution in [3.8, 4) is 0 Å². The Bertz CT molecular complexity index is 899. The Labute approximate surface area is 171 Å². The van der Waals surface area contributed by atoms with Crippen LogP contribution in [0.15, 0.2) is 59.5 Å². The molecule has 0 spiro atoms. The first-order valence-corrected chi connectivity index (χ1v) is 11.2. The predicted molar refractivity (Wildman–Crippen MR) is 111 cm³/mol. The average molecular weight is 420 g/mol. The molecule has 1 fully saturated rings. The number of benzene rings is 2. The molecule has 1 heterocycles. The lowest BCUT2D eigenvalue weighted by atomic mass is 10.3. The van der Waals surface area contributed by atoms with Crippen LogP contribution in [0, 0.1) is 5.82 Å². The van der Waals surface area contributed by atoms with Crippen LogP contribution in [0.2, 0.25) is 0 Å². The Hall–Kier alpha value is -2.45. The Morgan fingerprint density at radius 3 is 2.34 bits per heavy atom. The standard InChI is InChI=1S/C21H26FN3O3S/c22-18-9-11-19(12-10-18)25(29(27,28)20-7-2-1-3-8-20)17-21(26)23-13-6-16-24-14-4-5-15-24/h1-3,7-12H,4-6,13-17H2,(H,23,26). The summed E-state index contributed by atoms with van der Waals surface area (Å²) in [6.07, 6.45) is 3.25. The van der Waals surface area contributed by atoms with Crippen molar-refractivity contribution >= 4 is 21.6 Å². The van der Waals surface area contributed by atoms with E-state index in [1.807, 2.05) is 0 Å². The van der Waals surface area contributed by atoms with E-state index in [1.165, 1.54) is 49.2 Å². The van der Waals surface area contributed by atoms with Gasteiger partial charge in [0.2, 0.25) is 5.91 Å². The first kappa shape index (κ1) is 21.3. The molecule has 156 valence electrons. The molecule has 0 unspecified atom stereocenters. The van der Waals surface area contributed by atoms with Crippen molar-refractivity contribution in [3.63, 3.8) is 0 Å². The van der Waals surface area contributed by atoms with Crippen LogP contribution in [0.1, 0.15) is 19.3 Å². The summed E-state index contributed by atoms with van der Waals surface area (Å²) in [7, 11) is -3.96.